The van der Waals surface area contributed by atoms with Crippen LogP contribution in [-0.2, 0) is 19.5 Å². The van der Waals surface area contributed by atoms with Crippen molar-refractivity contribution in [3.63, 3.8) is 0 Å². The third-order valence-corrected chi connectivity index (χ3v) is 8.24. The normalized spacial score (nSPS) is 13.2. The topological polar surface area (TPSA) is 136 Å². The summed E-state index contributed by atoms with van der Waals surface area (Å²) in [5.41, 5.74) is -0.563. The van der Waals surface area contributed by atoms with Gasteiger partial charge in [0.05, 0.1) is 43.5 Å². The van der Waals surface area contributed by atoms with Crippen LogP contribution in [0.2, 0.25) is 5.02 Å². The maximum absolute atomic E-state index is 14.1. The van der Waals surface area contributed by atoms with Gasteiger partial charge >= 0.3 is 12.2 Å². The molecule has 4 rings (SSSR count). The van der Waals surface area contributed by atoms with Crippen molar-refractivity contribution < 1.29 is 37.0 Å². The number of methoxy groups -OCH3 is 1. The van der Waals surface area contributed by atoms with Gasteiger partial charge in [-0.2, -0.15) is 0 Å². The summed E-state index contributed by atoms with van der Waals surface area (Å²) in [6.45, 7) is 6.49. The number of imide groups is 1. The van der Waals surface area contributed by atoms with Gasteiger partial charge in [0.25, 0.3) is 15.9 Å². The molecule has 14 heteroatoms. The molecule has 1 aliphatic heterocycles. The number of halogens is 1. The predicted molar refractivity (Wildman–Crippen MR) is 161 cm³/mol. The number of anilines is 3. The van der Waals surface area contributed by atoms with Crippen LogP contribution in [0.3, 0.4) is 0 Å². The van der Waals surface area contributed by atoms with Crippen LogP contribution in [0.5, 0.6) is 5.75 Å². The Morgan fingerprint density at radius 2 is 1.79 bits per heavy atom. The van der Waals surface area contributed by atoms with Crippen molar-refractivity contribution in [2.24, 2.45) is 0 Å². The van der Waals surface area contributed by atoms with Gasteiger partial charge in [-0.3, -0.25) is 19.0 Å². The molecule has 0 radical (unpaired) electrons. The Hall–Kier alpha value is -4.36. The molecule has 43 heavy (non-hydrogen) atoms. The SMILES string of the molecule is CCOC(=O)N(C(=O)c1ccc2c(c1)N(S(=O)(=O)c1cc(Cl)ccc1OC)CCN2C(=O)OC(C)(C)C)c1cccnc1. The fraction of sp³-hybridized carbons (Fsp3) is 0.310. The number of nitrogens with zero attached hydrogens (tertiary/aromatic N) is 4. The molecule has 0 unspecified atom stereocenters. The van der Waals surface area contributed by atoms with Crippen molar-refractivity contribution >= 4 is 56.8 Å². The third-order valence-electron chi connectivity index (χ3n) is 6.17. The van der Waals surface area contributed by atoms with Crippen LogP contribution in [0.25, 0.3) is 0 Å². The first-order chi connectivity index (χ1) is 20.3. The Balaban J connectivity index is 1.88. The summed E-state index contributed by atoms with van der Waals surface area (Å²) in [6, 6.07) is 11.3. The van der Waals surface area contributed by atoms with Crippen molar-refractivity contribution in [3.8, 4) is 5.75 Å². The lowest BCUT2D eigenvalue weighted by molar-refractivity contribution is 0.0580. The van der Waals surface area contributed by atoms with Crippen molar-refractivity contribution in [3.05, 3.63) is 71.5 Å². The monoisotopic (exact) mass is 630 g/mol. The molecular weight excluding hydrogens is 600 g/mol. The lowest BCUT2D eigenvalue weighted by atomic mass is 10.1. The van der Waals surface area contributed by atoms with Gasteiger partial charge in [0, 0.05) is 23.3 Å². The minimum absolute atomic E-state index is 0.0000155. The van der Waals surface area contributed by atoms with E-state index in [1.165, 1.54) is 66.9 Å². The summed E-state index contributed by atoms with van der Waals surface area (Å²) in [6.07, 6.45) is 1.16. The first-order valence-corrected chi connectivity index (χ1v) is 15.0. The molecule has 0 aliphatic carbocycles. The lowest BCUT2D eigenvalue weighted by Crippen LogP contribution is -2.48. The summed E-state index contributed by atoms with van der Waals surface area (Å²) >= 11 is 6.15. The van der Waals surface area contributed by atoms with E-state index in [-0.39, 0.29) is 58.0 Å². The fourth-order valence-corrected chi connectivity index (χ4v) is 6.24. The van der Waals surface area contributed by atoms with Crippen molar-refractivity contribution in [1.82, 2.24) is 4.98 Å². The van der Waals surface area contributed by atoms with Crippen LogP contribution in [-0.4, -0.2) is 63.9 Å². The van der Waals surface area contributed by atoms with E-state index in [9.17, 15) is 22.8 Å². The van der Waals surface area contributed by atoms with Crippen LogP contribution in [0.1, 0.15) is 38.1 Å². The van der Waals surface area contributed by atoms with Crippen LogP contribution >= 0.6 is 11.6 Å². The van der Waals surface area contributed by atoms with E-state index in [4.69, 9.17) is 25.8 Å². The van der Waals surface area contributed by atoms with Gasteiger partial charge in [0.1, 0.15) is 16.2 Å². The largest absolute Gasteiger partial charge is 0.495 e. The fourth-order valence-electron chi connectivity index (χ4n) is 4.35. The molecule has 0 spiro atoms. The minimum Gasteiger partial charge on any atom is -0.495 e. The van der Waals surface area contributed by atoms with E-state index in [1.807, 2.05) is 0 Å². The van der Waals surface area contributed by atoms with Gasteiger partial charge in [0.15, 0.2) is 0 Å². The van der Waals surface area contributed by atoms with Gasteiger partial charge in [-0.1, -0.05) is 11.6 Å². The zero-order chi connectivity index (χ0) is 31.5. The molecule has 12 nitrogen and oxygen atoms in total. The summed E-state index contributed by atoms with van der Waals surface area (Å²) in [7, 11) is -3.02. The van der Waals surface area contributed by atoms with E-state index in [1.54, 1.807) is 33.8 Å². The van der Waals surface area contributed by atoms with E-state index < -0.39 is 33.7 Å². The first kappa shape index (κ1) is 31.6. The highest BCUT2D eigenvalue weighted by Gasteiger charge is 2.38. The molecule has 0 N–H and O–H groups in total. The first-order valence-electron chi connectivity index (χ1n) is 13.2. The highest BCUT2D eigenvalue weighted by Crippen LogP contribution is 2.40. The minimum atomic E-state index is -4.35. The van der Waals surface area contributed by atoms with E-state index >= 15 is 0 Å². The molecule has 1 aromatic heterocycles. The van der Waals surface area contributed by atoms with E-state index in [0.717, 1.165) is 9.21 Å². The third kappa shape index (κ3) is 6.67. The predicted octanol–water partition coefficient (Wildman–Crippen LogP) is 5.50. The number of aromatic nitrogens is 1. The number of carbonyl (C=O) groups excluding carboxylic acids is 3. The molecule has 1 aliphatic rings. The van der Waals surface area contributed by atoms with Crippen LogP contribution < -0.4 is 18.8 Å². The maximum Gasteiger partial charge on any atom is 0.421 e. The Morgan fingerprint density at radius 3 is 2.42 bits per heavy atom. The maximum atomic E-state index is 14.1. The number of rotatable bonds is 6. The molecule has 3 aromatic rings. The Morgan fingerprint density at radius 1 is 1.05 bits per heavy atom. The number of fused-ring (bicyclic) bond motifs is 1. The Kier molecular flexibility index (Phi) is 9.16. The summed E-state index contributed by atoms with van der Waals surface area (Å²) in [5.74, 6) is -0.751. The summed E-state index contributed by atoms with van der Waals surface area (Å²) < 4.78 is 45.2. The molecule has 2 aromatic carbocycles. The Bertz CT molecular complexity index is 1640. The quantitative estimate of drug-likeness (QED) is 0.346. The number of pyridine rings is 1. The zero-order valence-electron chi connectivity index (χ0n) is 24.2. The van der Waals surface area contributed by atoms with Crippen LogP contribution in [0, 0.1) is 0 Å². The molecule has 0 saturated carbocycles. The number of ether oxygens (including phenoxy) is 3. The number of hydrogen-bond acceptors (Lipinski definition) is 9. The zero-order valence-corrected chi connectivity index (χ0v) is 25.8. The van der Waals surface area contributed by atoms with Gasteiger partial charge in [-0.05, 0) is 76.2 Å². The van der Waals surface area contributed by atoms with Gasteiger partial charge < -0.3 is 14.2 Å². The summed E-state index contributed by atoms with van der Waals surface area (Å²) in [4.78, 5) is 45.7. The summed E-state index contributed by atoms with van der Waals surface area (Å²) in [5, 5.41) is 0.164. The molecule has 0 atom stereocenters. The van der Waals surface area contributed by atoms with Gasteiger partial charge in [-0.25, -0.2) is 22.9 Å². The van der Waals surface area contributed by atoms with Crippen molar-refractivity contribution in [2.45, 2.75) is 38.2 Å². The molecule has 0 fully saturated rings. The average molecular weight is 631 g/mol. The number of carbonyl (C=O) groups is 3. The highest BCUT2D eigenvalue weighted by molar-refractivity contribution is 7.93. The van der Waals surface area contributed by atoms with Crippen molar-refractivity contribution in [2.75, 3.05) is 40.9 Å². The number of benzene rings is 2. The van der Waals surface area contributed by atoms with E-state index in [0.29, 0.717) is 0 Å². The molecule has 2 heterocycles. The number of amides is 3. The molecule has 228 valence electrons. The second kappa shape index (κ2) is 12.5. The second-order valence-electron chi connectivity index (χ2n) is 10.3. The van der Waals surface area contributed by atoms with Crippen LogP contribution in [0.15, 0.2) is 65.8 Å². The molecular formula is C29H31ClN4O8S. The van der Waals surface area contributed by atoms with Crippen LogP contribution in [0.4, 0.5) is 26.7 Å². The number of sulfonamides is 1. The van der Waals surface area contributed by atoms with E-state index in [2.05, 4.69) is 4.98 Å². The highest BCUT2D eigenvalue weighted by atomic mass is 35.5. The van der Waals surface area contributed by atoms with Gasteiger partial charge in [-0.15, -0.1) is 0 Å². The number of hydrogen-bond donors (Lipinski definition) is 0. The van der Waals surface area contributed by atoms with Gasteiger partial charge in [0.2, 0.25) is 0 Å². The smallest absolute Gasteiger partial charge is 0.421 e. The molecule has 0 bridgehead atoms. The second-order valence-corrected chi connectivity index (χ2v) is 12.5. The molecule has 3 amide bonds. The van der Waals surface area contributed by atoms with Crippen molar-refractivity contribution in [1.29, 1.82) is 0 Å². The average Bonchev–Trinajstić information content (AvgIpc) is 2.96. The standard InChI is InChI=1S/C29H31ClN4O8S/c1-6-41-28(37)34(21-8-7-13-31-18-21)26(35)19-9-11-22-23(16-19)33(15-14-32(22)27(36)42-29(2,3)4)43(38,39)25-17-20(30)10-12-24(25)40-5/h7-13,16-18H,6,14-15H2,1-5H3. The lowest BCUT2D eigenvalue weighted by Gasteiger charge is -2.38. The Labute approximate surface area is 254 Å². The molecule has 0 saturated heterocycles.